The van der Waals surface area contributed by atoms with Crippen LogP contribution in [0.4, 0.5) is 0 Å². The van der Waals surface area contributed by atoms with E-state index >= 15 is 0 Å². The highest BCUT2D eigenvalue weighted by molar-refractivity contribution is 7.98. The first-order valence-electron chi connectivity index (χ1n) is 7.90. The maximum absolute atomic E-state index is 4.13. The average Bonchev–Trinajstić information content (AvgIpc) is 2.61. The second-order valence-corrected chi connectivity index (χ2v) is 6.68. The van der Waals surface area contributed by atoms with Crippen molar-refractivity contribution in [3.8, 4) is 0 Å². The molecular formula is C18H24ClN3S. The second-order valence-electron chi connectivity index (χ2n) is 5.57. The van der Waals surface area contributed by atoms with E-state index in [0.717, 1.165) is 31.9 Å². The molecule has 1 aliphatic heterocycles. The Morgan fingerprint density at radius 1 is 1.13 bits per heavy atom. The van der Waals surface area contributed by atoms with Gasteiger partial charge in [0.15, 0.2) is 0 Å². The minimum absolute atomic E-state index is 0. The molecule has 1 aliphatic rings. The van der Waals surface area contributed by atoms with E-state index in [1.54, 1.807) is 0 Å². The number of benzene rings is 1. The molecule has 0 spiro atoms. The van der Waals surface area contributed by atoms with Crippen LogP contribution in [0.2, 0.25) is 0 Å². The summed E-state index contributed by atoms with van der Waals surface area (Å²) in [6.45, 7) is 4.39. The van der Waals surface area contributed by atoms with Crippen molar-refractivity contribution in [1.29, 1.82) is 0 Å². The van der Waals surface area contributed by atoms with Crippen LogP contribution < -0.4 is 5.32 Å². The molecule has 0 saturated carbocycles. The maximum Gasteiger partial charge on any atom is 0.0474 e. The number of nitrogens with zero attached hydrogens (tertiary/aromatic N) is 2. The average molecular weight is 350 g/mol. The van der Waals surface area contributed by atoms with Crippen LogP contribution in [-0.2, 0) is 5.75 Å². The van der Waals surface area contributed by atoms with Gasteiger partial charge < -0.3 is 5.32 Å². The Bertz CT molecular complexity index is 553. The van der Waals surface area contributed by atoms with Crippen molar-refractivity contribution >= 4 is 24.2 Å². The predicted octanol–water partition coefficient (Wildman–Crippen LogP) is 3.38. The number of thioether (sulfide) groups is 1. The normalized spacial score (nSPS) is 18.3. The van der Waals surface area contributed by atoms with Crippen LogP contribution >= 0.6 is 24.2 Å². The van der Waals surface area contributed by atoms with Gasteiger partial charge in [-0.3, -0.25) is 9.88 Å². The quantitative estimate of drug-likeness (QED) is 0.809. The van der Waals surface area contributed by atoms with E-state index in [9.17, 15) is 0 Å². The van der Waals surface area contributed by atoms with Crippen molar-refractivity contribution in [3.05, 3.63) is 66.0 Å². The largest absolute Gasteiger partial charge is 0.314 e. The van der Waals surface area contributed by atoms with Gasteiger partial charge in [-0.25, -0.2) is 0 Å². The molecule has 5 heteroatoms. The van der Waals surface area contributed by atoms with Crippen molar-refractivity contribution in [1.82, 2.24) is 15.2 Å². The molecule has 2 heterocycles. The fraction of sp³-hybridized carbons (Fsp3) is 0.389. The highest BCUT2D eigenvalue weighted by Crippen LogP contribution is 2.22. The number of rotatable bonds is 6. The summed E-state index contributed by atoms with van der Waals surface area (Å²) in [7, 11) is 0. The molecule has 23 heavy (non-hydrogen) atoms. The molecule has 1 aromatic carbocycles. The Kier molecular flexibility index (Phi) is 7.89. The van der Waals surface area contributed by atoms with Gasteiger partial charge in [-0.1, -0.05) is 30.3 Å². The van der Waals surface area contributed by atoms with Gasteiger partial charge >= 0.3 is 0 Å². The summed E-state index contributed by atoms with van der Waals surface area (Å²) in [5.74, 6) is 2.28. The Labute approximate surface area is 149 Å². The number of nitrogens with one attached hydrogen (secondary N) is 1. The molecule has 1 aromatic heterocycles. The Hall–Kier alpha value is -1.07. The molecular weight excluding hydrogens is 326 g/mol. The Morgan fingerprint density at radius 2 is 1.91 bits per heavy atom. The van der Waals surface area contributed by atoms with E-state index in [2.05, 4.69) is 57.7 Å². The van der Waals surface area contributed by atoms with Gasteiger partial charge in [-0.05, 0) is 23.3 Å². The number of halogens is 1. The zero-order chi connectivity index (χ0) is 15.0. The van der Waals surface area contributed by atoms with Crippen LogP contribution in [0.5, 0.6) is 0 Å². The van der Waals surface area contributed by atoms with E-state index in [4.69, 9.17) is 0 Å². The molecule has 1 unspecified atom stereocenters. The number of aromatic nitrogens is 1. The fourth-order valence-corrected chi connectivity index (χ4v) is 3.81. The van der Waals surface area contributed by atoms with Gasteiger partial charge in [0.05, 0.1) is 0 Å². The lowest BCUT2D eigenvalue weighted by atomic mass is 10.1. The van der Waals surface area contributed by atoms with E-state index in [1.165, 1.54) is 16.9 Å². The van der Waals surface area contributed by atoms with Crippen molar-refractivity contribution in [2.24, 2.45) is 0 Å². The van der Waals surface area contributed by atoms with Gasteiger partial charge in [0.1, 0.15) is 0 Å². The second kappa shape index (κ2) is 9.93. The first kappa shape index (κ1) is 18.3. The highest BCUT2D eigenvalue weighted by Gasteiger charge is 2.22. The molecule has 1 N–H and O–H groups in total. The van der Waals surface area contributed by atoms with Crippen LogP contribution in [0.3, 0.4) is 0 Å². The van der Waals surface area contributed by atoms with Gasteiger partial charge in [0, 0.05) is 56.1 Å². The third-order valence-electron chi connectivity index (χ3n) is 4.08. The summed E-state index contributed by atoms with van der Waals surface area (Å²) in [4.78, 5) is 6.73. The molecule has 1 saturated heterocycles. The van der Waals surface area contributed by atoms with Crippen molar-refractivity contribution in [2.75, 3.05) is 31.9 Å². The van der Waals surface area contributed by atoms with Crippen LogP contribution in [0, 0.1) is 0 Å². The lowest BCUT2D eigenvalue weighted by Crippen LogP contribution is -2.46. The Morgan fingerprint density at radius 3 is 2.70 bits per heavy atom. The number of hydrogen-bond donors (Lipinski definition) is 1. The summed E-state index contributed by atoms with van der Waals surface area (Å²) < 4.78 is 0. The summed E-state index contributed by atoms with van der Waals surface area (Å²) in [5.41, 5.74) is 2.79. The van der Waals surface area contributed by atoms with Crippen LogP contribution in [-0.4, -0.2) is 41.8 Å². The predicted molar refractivity (Wildman–Crippen MR) is 101 cm³/mol. The van der Waals surface area contributed by atoms with Crippen LogP contribution in [0.25, 0.3) is 0 Å². The maximum atomic E-state index is 4.13. The van der Waals surface area contributed by atoms with Gasteiger partial charge in [-0.2, -0.15) is 11.8 Å². The molecule has 1 atom stereocenters. The van der Waals surface area contributed by atoms with Crippen LogP contribution in [0.15, 0.2) is 54.9 Å². The van der Waals surface area contributed by atoms with E-state index < -0.39 is 0 Å². The molecule has 0 radical (unpaired) electrons. The lowest BCUT2D eigenvalue weighted by molar-refractivity contribution is 0.172. The lowest BCUT2D eigenvalue weighted by Gasteiger charge is -2.36. The third-order valence-corrected chi connectivity index (χ3v) is 5.09. The molecule has 0 amide bonds. The van der Waals surface area contributed by atoms with Gasteiger partial charge in [0.25, 0.3) is 0 Å². The fourth-order valence-electron chi connectivity index (χ4n) is 2.87. The standard InChI is InChI=1S/C18H23N3S.ClH/c1-2-4-16(5-3-1)15-22-13-12-21-11-10-20-14-18(21)17-6-8-19-9-7-17;/h1-9,18,20H,10-15H2;1H. The molecule has 3 nitrogen and oxygen atoms in total. The van der Waals surface area contributed by atoms with E-state index in [0.29, 0.717) is 6.04 Å². The number of hydrogen-bond acceptors (Lipinski definition) is 4. The molecule has 0 aliphatic carbocycles. The zero-order valence-corrected chi connectivity index (χ0v) is 14.9. The summed E-state index contributed by atoms with van der Waals surface area (Å²) in [6, 6.07) is 15.5. The van der Waals surface area contributed by atoms with Crippen molar-refractivity contribution in [2.45, 2.75) is 11.8 Å². The van der Waals surface area contributed by atoms with E-state index in [1.807, 2.05) is 24.2 Å². The number of piperazine rings is 1. The minimum Gasteiger partial charge on any atom is -0.314 e. The highest BCUT2D eigenvalue weighted by atomic mass is 35.5. The molecule has 0 bridgehead atoms. The first-order chi connectivity index (χ1) is 10.9. The summed E-state index contributed by atoms with van der Waals surface area (Å²) in [5, 5.41) is 3.51. The van der Waals surface area contributed by atoms with Gasteiger partial charge in [0.2, 0.25) is 0 Å². The Balaban J connectivity index is 0.00000192. The molecule has 3 rings (SSSR count). The smallest absolute Gasteiger partial charge is 0.0474 e. The summed E-state index contributed by atoms with van der Waals surface area (Å²) in [6.07, 6.45) is 3.79. The molecule has 1 fully saturated rings. The summed E-state index contributed by atoms with van der Waals surface area (Å²) >= 11 is 2.02. The van der Waals surface area contributed by atoms with E-state index in [-0.39, 0.29) is 12.4 Å². The molecule has 2 aromatic rings. The first-order valence-corrected chi connectivity index (χ1v) is 9.05. The van der Waals surface area contributed by atoms with Crippen molar-refractivity contribution in [3.63, 3.8) is 0 Å². The van der Waals surface area contributed by atoms with Crippen LogP contribution in [0.1, 0.15) is 17.2 Å². The molecule has 124 valence electrons. The SMILES string of the molecule is Cl.c1ccc(CSCCN2CCNCC2c2ccncc2)cc1. The van der Waals surface area contributed by atoms with Crippen molar-refractivity contribution < 1.29 is 0 Å². The third kappa shape index (κ3) is 5.50. The van der Waals surface area contributed by atoms with Gasteiger partial charge in [-0.15, -0.1) is 12.4 Å². The number of pyridine rings is 1. The minimum atomic E-state index is 0. The zero-order valence-electron chi connectivity index (χ0n) is 13.2. The monoisotopic (exact) mass is 349 g/mol. The topological polar surface area (TPSA) is 28.2 Å².